The molecule has 0 fully saturated rings. The van der Waals surface area contributed by atoms with Crippen molar-refractivity contribution in [2.45, 2.75) is 32.9 Å². The smallest absolute Gasteiger partial charge is 0.342 e. The number of amides is 1. The van der Waals surface area contributed by atoms with Crippen LogP contribution in [0.1, 0.15) is 30.6 Å². The zero-order valence-electron chi connectivity index (χ0n) is 9.34. The number of nitrogens with zero attached hydrogens (tertiary/aromatic N) is 2. The van der Waals surface area contributed by atoms with Crippen LogP contribution in [-0.2, 0) is 16.1 Å². The molecule has 6 nitrogen and oxygen atoms in total. The van der Waals surface area contributed by atoms with Crippen LogP contribution in [0.25, 0.3) is 0 Å². The van der Waals surface area contributed by atoms with Gasteiger partial charge in [0.1, 0.15) is 0 Å². The van der Waals surface area contributed by atoms with Gasteiger partial charge in [0.25, 0.3) is 5.91 Å². The number of esters is 1. The summed E-state index contributed by atoms with van der Waals surface area (Å²) >= 11 is 0. The lowest BCUT2D eigenvalue weighted by molar-refractivity contribution is -0.125. The van der Waals surface area contributed by atoms with E-state index in [1.807, 2.05) is 6.92 Å². The van der Waals surface area contributed by atoms with E-state index in [4.69, 9.17) is 10.5 Å². The van der Waals surface area contributed by atoms with Crippen molar-refractivity contribution in [1.29, 1.82) is 0 Å². The fourth-order valence-corrected chi connectivity index (χ4v) is 1.11. The molecule has 0 saturated carbocycles. The highest BCUT2D eigenvalue weighted by molar-refractivity contribution is 5.91. The molecule has 1 rings (SSSR count). The summed E-state index contributed by atoms with van der Waals surface area (Å²) in [5.74, 6) is -1.26. The molecule has 1 heterocycles. The molecule has 1 amide bonds. The summed E-state index contributed by atoms with van der Waals surface area (Å²) in [5, 5.41) is 3.98. The maximum Gasteiger partial charge on any atom is 0.342 e. The monoisotopic (exact) mass is 225 g/mol. The summed E-state index contributed by atoms with van der Waals surface area (Å²) in [6.07, 6.45) is 2.99. The van der Waals surface area contributed by atoms with E-state index in [9.17, 15) is 9.59 Å². The predicted molar refractivity (Wildman–Crippen MR) is 56.6 cm³/mol. The molecule has 6 heteroatoms. The SMILES string of the molecule is CCCn1cc(C(=O)O[C@@H](C)C(N)=O)cn1. The standard InChI is InChI=1S/C10H15N3O3/c1-3-4-13-6-8(5-12-13)10(15)16-7(2)9(11)14/h5-7H,3-4H2,1-2H3,(H2,11,14)/t7-/m0/s1. The minimum absolute atomic E-state index is 0.321. The Morgan fingerprint density at radius 1 is 1.62 bits per heavy atom. The van der Waals surface area contributed by atoms with Gasteiger partial charge in [-0.1, -0.05) is 6.92 Å². The van der Waals surface area contributed by atoms with Gasteiger partial charge >= 0.3 is 5.97 Å². The molecule has 0 aliphatic heterocycles. The van der Waals surface area contributed by atoms with Gasteiger partial charge < -0.3 is 10.5 Å². The van der Waals surface area contributed by atoms with Crippen molar-refractivity contribution < 1.29 is 14.3 Å². The van der Waals surface area contributed by atoms with Crippen molar-refractivity contribution >= 4 is 11.9 Å². The Labute approximate surface area is 93.4 Å². The lowest BCUT2D eigenvalue weighted by Gasteiger charge is -2.07. The third-order valence-electron chi connectivity index (χ3n) is 2.01. The summed E-state index contributed by atoms with van der Waals surface area (Å²) in [6.45, 7) is 4.17. The molecule has 0 radical (unpaired) electrons. The van der Waals surface area contributed by atoms with Gasteiger partial charge in [-0.15, -0.1) is 0 Å². The minimum Gasteiger partial charge on any atom is -0.449 e. The number of ether oxygens (including phenoxy) is 1. The lowest BCUT2D eigenvalue weighted by Crippen LogP contribution is -2.30. The first-order valence-corrected chi connectivity index (χ1v) is 5.07. The quantitative estimate of drug-likeness (QED) is 0.731. The number of carbonyl (C=O) groups is 2. The Morgan fingerprint density at radius 3 is 2.88 bits per heavy atom. The summed E-state index contributed by atoms with van der Waals surface area (Å²) in [5.41, 5.74) is 5.30. The highest BCUT2D eigenvalue weighted by atomic mass is 16.5. The number of nitrogens with two attached hydrogens (primary N) is 1. The van der Waals surface area contributed by atoms with Gasteiger partial charge in [0, 0.05) is 12.7 Å². The van der Waals surface area contributed by atoms with Crippen LogP contribution in [-0.4, -0.2) is 27.8 Å². The molecular weight excluding hydrogens is 210 g/mol. The molecule has 0 aromatic carbocycles. The maximum atomic E-state index is 11.5. The topological polar surface area (TPSA) is 87.2 Å². The van der Waals surface area contributed by atoms with Crippen molar-refractivity contribution in [2.24, 2.45) is 5.73 Å². The zero-order chi connectivity index (χ0) is 12.1. The van der Waals surface area contributed by atoms with Crippen LogP contribution >= 0.6 is 0 Å². The van der Waals surface area contributed by atoms with Crippen LogP contribution in [0.5, 0.6) is 0 Å². The summed E-state index contributed by atoms with van der Waals surface area (Å²) in [7, 11) is 0. The number of hydrogen-bond donors (Lipinski definition) is 1. The van der Waals surface area contributed by atoms with E-state index in [1.165, 1.54) is 13.1 Å². The van der Waals surface area contributed by atoms with Gasteiger partial charge in [0.15, 0.2) is 6.10 Å². The third kappa shape index (κ3) is 3.08. The fourth-order valence-electron chi connectivity index (χ4n) is 1.11. The highest BCUT2D eigenvalue weighted by Gasteiger charge is 2.17. The fraction of sp³-hybridized carbons (Fsp3) is 0.500. The second-order valence-electron chi connectivity index (χ2n) is 3.44. The summed E-state index contributed by atoms with van der Waals surface area (Å²) in [4.78, 5) is 22.2. The van der Waals surface area contributed by atoms with Gasteiger partial charge in [0.05, 0.1) is 11.8 Å². The van der Waals surface area contributed by atoms with E-state index in [0.29, 0.717) is 5.56 Å². The van der Waals surface area contributed by atoms with Crippen molar-refractivity contribution in [3.05, 3.63) is 18.0 Å². The van der Waals surface area contributed by atoms with Gasteiger partial charge in [-0.3, -0.25) is 9.48 Å². The van der Waals surface area contributed by atoms with Gasteiger partial charge in [-0.2, -0.15) is 5.10 Å². The van der Waals surface area contributed by atoms with E-state index in [-0.39, 0.29) is 0 Å². The largest absolute Gasteiger partial charge is 0.449 e. The molecule has 1 atom stereocenters. The van der Waals surface area contributed by atoms with E-state index < -0.39 is 18.0 Å². The number of aryl methyl sites for hydroxylation is 1. The second kappa shape index (κ2) is 5.29. The molecule has 2 N–H and O–H groups in total. The normalized spacial score (nSPS) is 12.1. The van der Waals surface area contributed by atoms with Crippen LogP contribution in [0.3, 0.4) is 0 Å². The number of hydrogen-bond acceptors (Lipinski definition) is 4. The molecule has 0 saturated heterocycles. The first kappa shape index (κ1) is 12.2. The Bertz CT molecular complexity index is 386. The first-order valence-electron chi connectivity index (χ1n) is 5.07. The average molecular weight is 225 g/mol. The lowest BCUT2D eigenvalue weighted by atomic mass is 10.3. The Hall–Kier alpha value is -1.85. The maximum absolute atomic E-state index is 11.5. The van der Waals surface area contributed by atoms with E-state index in [1.54, 1.807) is 10.9 Å². The molecular formula is C10H15N3O3. The highest BCUT2D eigenvalue weighted by Crippen LogP contribution is 2.03. The Morgan fingerprint density at radius 2 is 2.31 bits per heavy atom. The first-order chi connectivity index (χ1) is 7.54. The zero-order valence-corrected chi connectivity index (χ0v) is 9.34. The average Bonchev–Trinajstić information content (AvgIpc) is 2.66. The number of aromatic nitrogens is 2. The van der Waals surface area contributed by atoms with Crippen molar-refractivity contribution in [1.82, 2.24) is 9.78 Å². The van der Waals surface area contributed by atoms with Crippen LogP contribution in [0.15, 0.2) is 12.4 Å². The molecule has 0 unspecified atom stereocenters. The van der Waals surface area contributed by atoms with Gasteiger partial charge in [0.2, 0.25) is 0 Å². The molecule has 1 aromatic rings. The van der Waals surface area contributed by atoms with Crippen LogP contribution < -0.4 is 5.73 Å². The third-order valence-corrected chi connectivity index (χ3v) is 2.01. The molecule has 16 heavy (non-hydrogen) atoms. The van der Waals surface area contributed by atoms with Crippen LogP contribution in [0, 0.1) is 0 Å². The van der Waals surface area contributed by atoms with Crippen LogP contribution in [0.4, 0.5) is 0 Å². The number of carbonyl (C=O) groups excluding carboxylic acids is 2. The van der Waals surface area contributed by atoms with Crippen molar-refractivity contribution in [3.63, 3.8) is 0 Å². The molecule has 0 aliphatic rings. The summed E-state index contributed by atoms with van der Waals surface area (Å²) in [6, 6.07) is 0. The predicted octanol–water partition coefficient (Wildman–Crippen LogP) is 0.324. The van der Waals surface area contributed by atoms with Crippen LogP contribution in [0.2, 0.25) is 0 Å². The molecule has 0 spiro atoms. The number of rotatable bonds is 5. The molecule has 0 bridgehead atoms. The minimum atomic E-state index is -0.929. The van der Waals surface area contributed by atoms with E-state index in [0.717, 1.165) is 13.0 Å². The van der Waals surface area contributed by atoms with Crippen molar-refractivity contribution in [2.75, 3.05) is 0 Å². The molecule has 0 aliphatic carbocycles. The summed E-state index contributed by atoms with van der Waals surface area (Å²) < 4.78 is 6.47. The van der Waals surface area contributed by atoms with E-state index in [2.05, 4.69) is 5.10 Å². The van der Waals surface area contributed by atoms with Gasteiger partial charge in [-0.05, 0) is 13.3 Å². The van der Waals surface area contributed by atoms with Gasteiger partial charge in [-0.25, -0.2) is 4.79 Å². The van der Waals surface area contributed by atoms with Crippen molar-refractivity contribution in [3.8, 4) is 0 Å². The molecule has 1 aromatic heterocycles. The van der Waals surface area contributed by atoms with E-state index >= 15 is 0 Å². The second-order valence-corrected chi connectivity index (χ2v) is 3.44. The molecule has 88 valence electrons. The Kier molecular flexibility index (Phi) is 4.04. The Balaban J connectivity index is 2.62. The number of primary amides is 1.